The number of aliphatic hydroxyl groups excluding tert-OH is 1. The summed E-state index contributed by atoms with van der Waals surface area (Å²) in [5, 5.41) is 9.59. The Kier molecular flexibility index (Phi) is 18.9. The normalized spacial score (nSPS) is 15.8. The molecule has 0 radical (unpaired) electrons. The summed E-state index contributed by atoms with van der Waals surface area (Å²) in [7, 11) is 5.20. The Bertz CT molecular complexity index is 2400. The summed E-state index contributed by atoms with van der Waals surface area (Å²) in [6.45, 7) is -4.03. The molecule has 2 aliphatic rings. The van der Waals surface area contributed by atoms with Crippen molar-refractivity contribution in [2.24, 2.45) is 0 Å². The largest absolute Gasteiger partial charge is 0.469 e. The minimum absolute atomic E-state index is 0.0981. The van der Waals surface area contributed by atoms with Gasteiger partial charge in [-0.1, -0.05) is 6.92 Å². The van der Waals surface area contributed by atoms with E-state index in [-0.39, 0.29) is 33.4 Å². The fourth-order valence-corrected chi connectivity index (χ4v) is 6.96. The molecule has 2 unspecified atom stereocenters. The maximum Gasteiger partial charge on any atom is 0.336 e. The smallest absolute Gasteiger partial charge is 0.336 e. The molecule has 362 valence electrons. The highest BCUT2D eigenvalue weighted by molar-refractivity contribution is 5.85. The first-order valence-electron chi connectivity index (χ1n) is 20.2. The number of urea groups is 2. The number of amides is 4. The quantitative estimate of drug-likeness (QED) is 0.0499. The molecule has 2 fully saturated rings. The van der Waals surface area contributed by atoms with Crippen LogP contribution >= 0.6 is 0 Å². The van der Waals surface area contributed by atoms with Gasteiger partial charge in [0.05, 0.1) is 65.8 Å². The van der Waals surface area contributed by atoms with E-state index in [1.165, 1.54) is 40.9 Å². The first kappa shape index (κ1) is 51.2. The van der Waals surface area contributed by atoms with E-state index in [0.29, 0.717) is 33.8 Å². The molecule has 4 amide bonds. The molecular formula is C36H54N10O19. The summed E-state index contributed by atoms with van der Waals surface area (Å²) in [5.41, 5.74) is -6.81. The second-order valence-corrected chi connectivity index (χ2v) is 14.2. The Morgan fingerprint density at radius 3 is 1.17 bits per heavy atom. The third-order valence-corrected chi connectivity index (χ3v) is 10.0. The van der Waals surface area contributed by atoms with E-state index in [1.807, 2.05) is 0 Å². The van der Waals surface area contributed by atoms with Crippen molar-refractivity contribution in [2.45, 2.75) is 84.2 Å². The number of fused-ring (bicyclic) bond motifs is 1. The molecular weight excluding hydrogens is 876 g/mol. The van der Waals surface area contributed by atoms with Gasteiger partial charge in [-0.25, -0.2) is 65.8 Å². The van der Waals surface area contributed by atoms with Gasteiger partial charge in [0.15, 0.2) is 12.3 Å². The molecule has 0 aromatic carbocycles. The van der Waals surface area contributed by atoms with Crippen molar-refractivity contribution in [2.75, 3.05) is 81.8 Å². The summed E-state index contributed by atoms with van der Waals surface area (Å²) in [4.78, 5) is 148. The minimum atomic E-state index is -1.16. The minimum Gasteiger partial charge on any atom is -0.469 e. The number of aromatic nitrogens is 6. The van der Waals surface area contributed by atoms with Crippen molar-refractivity contribution in [1.29, 1.82) is 0 Å². The van der Waals surface area contributed by atoms with Crippen molar-refractivity contribution in [1.82, 2.24) is 47.0 Å². The molecule has 29 heteroatoms. The summed E-state index contributed by atoms with van der Waals surface area (Å²) in [5.74, 6) is -2.51. The molecule has 2 saturated heterocycles. The van der Waals surface area contributed by atoms with E-state index in [2.05, 4.69) is 4.74 Å². The number of hydrogen-bond donors (Lipinski definition) is 1. The predicted octanol–water partition coefficient (Wildman–Crippen LogP) is -4.90. The number of carbonyl (C=O) groups excluding carboxylic acids is 5. The van der Waals surface area contributed by atoms with Gasteiger partial charge in [-0.05, 0) is 6.42 Å². The van der Waals surface area contributed by atoms with Crippen LogP contribution in [0.25, 0.3) is 0 Å². The zero-order valence-electron chi connectivity index (χ0n) is 36.7. The van der Waals surface area contributed by atoms with E-state index < -0.39 is 155 Å². The zero-order chi connectivity index (χ0) is 48.0. The van der Waals surface area contributed by atoms with Crippen LogP contribution in [-0.4, -0.2) is 176 Å². The average molecular weight is 931 g/mol. The maximum atomic E-state index is 13.5. The van der Waals surface area contributed by atoms with Crippen LogP contribution in [-0.2, 0) is 86.8 Å². The molecule has 4 heterocycles. The van der Waals surface area contributed by atoms with Crippen LogP contribution in [0.2, 0.25) is 0 Å². The second kappa shape index (κ2) is 24.0. The van der Waals surface area contributed by atoms with Gasteiger partial charge in [-0.15, -0.1) is 0 Å². The molecule has 0 bridgehead atoms. The lowest BCUT2D eigenvalue weighted by Gasteiger charge is -2.28. The number of ether oxygens (including phenoxy) is 7. The molecule has 65 heavy (non-hydrogen) atoms. The first-order valence-corrected chi connectivity index (χ1v) is 20.2. The fraction of sp³-hybridized carbons (Fsp3) is 0.694. The van der Waals surface area contributed by atoms with Gasteiger partial charge >= 0.3 is 64.1 Å². The Morgan fingerprint density at radius 2 is 0.800 bits per heavy atom. The lowest BCUT2D eigenvalue weighted by Crippen LogP contribution is -2.55. The molecule has 0 saturated carbocycles. The standard InChI is InChI=1S/C36H54N10O19/c1-6-17-64-25(49)8-11-38-29(51)37(10-7-24(48)62-5)30(52)39(31(38)53)12-9-26(50)65-19-15-42-33(55)40(13-16-47)32(54)41(34(42)56)14-18-63-23-46-28-27(44(21-60-3)36(46)58)43(20-59-2)35(57)45(28)22-61-4/h27-28,47H,6-23H2,1-5H3. The van der Waals surface area contributed by atoms with E-state index in [9.17, 15) is 57.8 Å². The SMILES string of the molecule is CCCOC(=O)CCn1c(=O)n(CCC(=O)OC)c(=O)n(CCC(=O)OCCn2c(=O)n(CCO)c(=O)n(CCOCN3C(=O)N(COC)C4C3N(COC)C(=O)N4COC)c2=O)c1=O. The Balaban J connectivity index is 1.47. The van der Waals surface area contributed by atoms with Gasteiger partial charge in [0.1, 0.15) is 33.5 Å². The van der Waals surface area contributed by atoms with Gasteiger partial charge in [-0.2, -0.15) is 0 Å². The zero-order valence-corrected chi connectivity index (χ0v) is 36.7. The lowest BCUT2D eigenvalue weighted by atomic mass is 10.3. The molecule has 0 aliphatic carbocycles. The number of methoxy groups -OCH3 is 4. The van der Waals surface area contributed by atoms with Crippen molar-refractivity contribution in [3.8, 4) is 0 Å². The summed E-state index contributed by atoms with van der Waals surface area (Å²) in [6, 6.07) is -1.07. The van der Waals surface area contributed by atoms with Gasteiger partial charge in [0, 0.05) is 41.0 Å². The average Bonchev–Trinajstić information content (AvgIpc) is 3.69. The lowest BCUT2D eigenvalue weighted by molar-refractivity contribution is -0.144. The highest BCUT2D eigenvalue weighted by Crippen LogP contribution is 2.34. The topological polar surface area (TPSA) is 315 Å². The van der Waals surface area contributed by atoms with Crippen molar-refractivity contribution in [3.63, 3.8) is 0 Å². The highest BCUT2D eigenvalue weighted by atomic mass is 16.5. The van der Waals surface area contributed by atoms with Crippen LogP contribution in [0.3, 0.4) is 0 Å². The number of esters is 3. The molecule has 4 rings (SSSR count). The fourth-order valence-electron chi connectivity index (χ4n) is 6.96. The third-order valence-electron chi connectivity index (χ3n) is 10.0. The first-order chi connectivity index (χ1) is 31.1. The molecule has 2 aromatic rings. The van der Waals surface area contributed by atoms with Crippen LogP contribution in [0, 0.1) is 0 Å². The van der Waals surface area contributed by atoms with E-state index in [4.69, 9.17) is 28.4 Å². The number of hydrogen-bond acceptors (Lipinski definition) is 19. The van der Waals surface area contributed by atoms with Gasteiger partial charge in [0.25, 0.3) is 0 Å². The number of aliphatic hydroxyl groups is 1. The molecule has 2 aliphatic heterocycles. The van der Waals surface area contributed by atoms with Crippen molar-refractivity contribution in [3.05, 3.63) is 62.9 Å². The van der Waals surface area contributed by atoms with E-state index in [0.717, 1.165) is 7.11 Å². The van der Waals surface area contributed by atoms with Crippen molar-refractivity contribution < 1.29 is 62.2 Å². The second-order valence-electron chi connectivity index (χ2n) is 14.2. The molecule has 0 spiro atoms. The van der Waals surface area contributed by atoms with Crippen LogP contribution in [0.15, 0.2) is 28.8 Å². The maximum absolute atomic E-state index is 13.5. The summed E-state index contributed by atoms with van der Waals surface area (Å²) in [6.07, 6.45) is -2.74. The summed E-state index contributed by atoms with van der Waals surface area (Å²) >= 11 is 0. The van der Waals surface area contributed by atoms with Gasteiger partial charge in [0.2, 0.25) is 0 Å². The monoisotopic (exact) mass is 930 g/mol. The molecule has 2 aromatic heterocycles. The number of rotatable bonds is 27. The third kappa shape index (κ3) is 11.6. The van der Waals surface area contributed by atoms with E-state index >= 15 is 0 Å². The van der Waals surface area contributed by atoms with Crippen LogP contribution in [0.1, 0.15) is 32.6 Å². The van der Waals surface area contributed by atoms with E-state index in [1.54, 1.807) is 6.92 Å². The van der Waals surface area contributed by atoms with Crippen LogP contribution in [0.4, 0.5) is 9.59 Å². The van der Waals surface area contributed by atoms with Gasteiger partial charge in [-0.3, -0.25) is 34.0 Å². The highest BCUT2D eigenvalue weighted by Gasteiger charge is 2.59. The van der Waals surface area contributed by atoms with Crippen LogP contribution < -0.4 is 34.1 Å². The number of nitrogens with zero attached hydrogens (tertiary/aromatic N) is 10. The molecule has 29 nitrogen and oxygen atoms in total. The predicted molar refractivity (Wildman–Crippen MR) is 216 cm³/mol. The molecule has 1 N–H and O–H groups in total. The Hall–Kier alpha value is -6.43. The Morgan fingerprint density at radius 1 is 0.462 bits per heavy atom. The van der Waals surface area contributed by atoms with Crippen LogP contribution in [0.5, 0.6) is 0 Å². The van der Waals surface area contributed by atoms with Crippen molar-refractivity contribution >= 4 is 30.0 Å². The van der Waals surface area contributed by atoms with Gasteiger partial charge < -0.3 is 38.3 Å². The Labute approximate surface area is 367 Å². The summed E-state index contributed by atoms with van der Waals surface area (Å²) < 4.78 is 39.6. The number of carbonyl (C=O) groups is 5. The molecule has 2 atom stereocenters.